The molecular formula is C17H12FNOS. The second-order valence-electron chi connectivity index (χ2n) is 4.74. The van der Waals surface area contributed by atoms with Gasteiger partial charge >= 0.3 is 0 Å². The number of thiazole rings is 1. The van der Waals surface area contributed by atoms with E-state index in [0.29, 0.717) is 16.3 Å². The molecule has 0 aliphatic heterocycles. The Labute approximate surface area is 125 Å². The second kappa shape index (κ2) is 5.58. The molecule has 0 amide bonds. The summed E-state index contributed by atoms with van der Waals surface area (Å²) in [5.74, 6) is -0.383. The fourth-order valence-corrected chi connectivity index (χ4v) is 2.76. The lowest BCUT2D eigenvalue weighted by molar-refractivity contribution is 0.103. The van der Waals surface area contributed by atoms with Crippen LogP contribution in [0.4, 0.5) is 4.39 Å². The Hall–Kier alpha value is -2.33. The highest BCUT2D eigenvalue weighted by Gasteiger charge is 2.13. The van der Waals surface area contributed by atoms with Crippen molar-refractivity contribution in [2.75, 3.05) is 0 Å². The lowest BCUT2D eigenvalue weighted by Gasteiger charge is -1.98. The zero-order valence-electron chi connectivity index (χ0n) is 11.3. The first-order valence-electron chi connectivity index (χ1n) is 6.46. The molecule has 21 heavy (non-hydrogen) atoms. The van der Waals surface area contributed by atoms with Gasteiger partial charge in [-0.25, -0.2) is 9.37 Å². The summed E-state index contributed by atoms with van der Waals surface area (Å²) in [7, 11) is 0. The predicted octanol–water partition coefficient (Wildman–Crippen LogP) is 4.49. The summed E-state index contributed by atoms with van der Waals surface area (Å²) in [6.07, 6.45) is 0. The van der Waals surface area contributed by atoms with Gasteiger partial charge in [-0.1, -0.05) is 29.8 Å². The maximum atomic E-state index is 12.9. The highest BCUT2D eigenvalue weighted by atomic mass is 32.1. The van der Waals surface area contributed by atoms with E-state index in [0.717, 1.165) is 11.1 Å². The summed E-state index contributed by atoms with van der Waals surface area (Å²) in [6, 6.07) is 13.5. The number of aromatic nitrogens is 1. The molecule has 2 nitrogen and oxygen atoms in total. The Morgan fingerprint density at radius 1 is 1.05 bits per heavy atom. The Kier molecular flexibility index (Phi) is 3.62. The summed E-state index contributed by atoms with van der Waals surface area (Å²) < 4.78 is 12.9. The molecule has 0 atom stereocenters. The maximum Gasteiger partial charge on any atom is 0.212 e. The minimum Gasteiger partial charge on any atom is -0.287 e. The third-order valence-electron chi connectivity index (χ3n) is 3.14. The van der Waals surface area contributed by atoms with Crippen molar-refractivity contribution in [3.8, 4) is 10.6 Å². The topological polar surface area (TPSA) is 30.0 Å². The van der Waals surface area contributed by atoms with E-state index in [1.807, 2.05) is 19.1 Å². The van der Waals surface area contributed by atoms with Crippen LogP contribution in [-0.2, 0) is 0 Å². The molecule has 0 unspecified atom stereocenters. The third kappa shape index (κ3) is 2.90. The number of halogens is 1. The molecule has 104 valence electrons. The standard InChI is InChI=1S/C17H12FNOS/c1-11-2-4-12(5-3-11)16(20)15-10-21-17(19-15)13-6-8-14(18)9-7-13/h2-10H,1H3. The summed E-state index contributed by atoms with van der Waals surface area (Å²) in [5, 5.41) is 2.45. The predicted molar refractivity (Wildman–Crippen MR) is 82.1 cm³/mol. The molecule has 0 N–H and O–H groups in total. The van der Waals surface area contributed by atoms with Crippen molar-refractivity contribution in [3.05, 3.63) is 76.5 Å². The van der Waals surface area contributed by atoms with Crippen molar-refractivity contribution in [2.45, 2.75) is 6.92 Å². The van der Waals surface area contributed by atoms with E-state index in [4.69, 9.17) is 0 Å². The van der Waals surface area contributed by atoms with Crippen LogP contribution in [-0.4, -0.2) is 10.8 Å². The van der Waals surface area contributed by atoms with Gasteiger partial charge in [0.15, 0.2) is 0 Å². The van der Waals surface area contributed by atoms with E-state index in [1.54, 1.807) is 29.6 Å². The molecule has 0 aliphatic carbocycles. The largest absolute Gasteiger partial charge is 0.287 e. The number of carbonyl (C=O) groups is 1. The van der Waals surface area contributed by atoms with Crippen LogP contribution in [0.1, 0.15) is 21.6 Å². The van der Waals surface area contributed by atoms with Gasteiger partial charge in [0.2, 0.25) is 5.78 Å². The van der Waals surface area contributed by atoms with Gasteiger partial charge in [0.1, 0.15) is 16.5 Å². The Bertz CT molecular complexity index is 775. The quantitative estimate of drug-likeness (QED) is 0.667. The summed E-state index contributed by atoms with van der Waals surface area (Å²) >= 11 is 1.38. The summed E-state index contributed by atoms with van der Waals surface area (Å²) in [6.45, 7) is 1.98. The molecule has 0 spiro atoms. The molecule has 0 saturated heterocycles. The lowest BCUT2D eigenvalue weighted by atomic mass is 10.1. The number of ketones is 1. The Balaban J connectivity index is 1.89. The van der Waals surface area contributed by atoms with Crippen LogP contribution in [0.3, 0.4) is 0 Å². The fourth-order valence-electron chi connectivity index (χ4n) is 1.96. The molecule has 0 radical (unpaired) electrons. The summed E-state index contributed by atoms with van der Waals surface area (Å²) in [5.41, 5.74) is 2.96. The first kappa shape index (κ1) is 13.6. The number of hydrogen-bond acceptors (Lipinski definition) is 3. The van der Waals surface area contributed by atoms with E-state index in [1.165, 1.54) is 23.5 Å². The first-order valence-corrected chi connectivity index (χ1v) is 7.34. The average molecular weight is 297 g/mol. The molecule has 0 saturated carbocycles. The van der Waals surface area contributed by atoms with Crippen molar-refractivity contribution in [1.29, 1.82) is 0 Å². The van der Waals surface area contributed by atoms with E-state index in [9.17, 15) is 9.18 Å². The van der Waals surface area contributed by atoms with E-state index >= 15 is 0 Å². The highest BCUT2D eigenvalue weighted by Crippen LogP contribution is 2.25. The van der Waals surface area contributed by atoms with Crippen molar-refractivity contribution >= 4 is 17.1 Å². The van der Waals surface area contributed by atoms with Crippen molar-refractivity contribution < 1.29 is 9.18 Å². The van der Waals surface area contributed by atoms with Gasteiger partial charge in [0.05, 0.1) is 0 Å². The first-order chi connectivity index (χ1) is 10.1. The van der Waals surface area contributed by atoms with Gasteiger partial charge in [-0.15, -0.1) is 11.3 Å². The summed E-state index contributed by atoms with van der Waals surface area (Å²) in [4.78, 5) is 16.7. The van der Waals surface area contributed by atoms with E-state index in [2.05, 4.69) is 4.98 Å². The molecule has 4 heteroatoms. The van der Waals surface area contributed by atoms with Crippen LogP contribution >= 0.6 is 11.3 Å². The van der Waals surface area contributed by atoms with E-state index < -0.39 is 0 Å². The van der Waals surface area contributed by atoms with Gasteiger partial charge in [0.25, 0.3) is 0 Å². The number of aryl methyl sites for hydroxylation is 1. The molecule has 3 rings (SSSR count). The van der Waals surface area contributed by atoms with Gasteiger partial charge in [-0.3, -0.25) is 4.79 Å². The minimum atomic E-state index is -0.286. The normalized spacial score (nSPS) is 10.6. The molecular weight excluding hydrogens is 285 g/mol. The number of nitrogens with zero attached hydrogens (tertiary/aromatic N) is 1. The number of hydrogen-bond donors (Lipinski definition) is 0. The van der Waals surface area contributed by atoms with Gasteiger partial charge < -0.3 is 0 Å². The zero-order valence-corrected chi connectivity index (χ0v) is 12.2. The fraction of sp³-hybridized carbons (Fsp3) is 0.0588. The second-order valence-corrected chi connectivity index (χ2v) is 5.60. The zero-order chi connectivity index (χ0) is 14.8. The van der Waals surface area contributed by atoms with Crippen molar-refractivity contribution in [2.24, 2.45) is 0 Å². The SMILES string of the molecule is Cc1ccc(C(=O)c2csc(-c3ccc(F)cc3)n2)cc1. The minimum absolute atomic E-state index is 0.0976. The molecule has 0 aliphatic rings. The number of rotatable bonds is 3. The molecule has 0 fully saturated rings. The Morgan fingerprint density at radius 2 is 1.71 bits per heavy atom. The average Bonchev–Trinajstić information content (AvgIpc) is 2.98. The lowest BCUT2D eigenvalue weighted by Crippen LogP contribution is -2.01. The molecule has 2 aromatic carbocycles. The third-order valence-corrected chi connectivity index (χ3v) is 4.03. The van der Waals surface area contributed by atoms with Gasteiger partial charge in [-0.2, -0.15) is 0 Å². The van der Waals surface area contributed by atoms with Crippen LogP contribution in [0, 0.1) is 12.7 Å². The monoisotopic (exact) mass is 297 g/mol. The smallest absolute Gasteiger partial charge is 0.212 e. The van der Waals surface area contributed by atoms with Crippen LogP contribution < -0.4 is 0 Å². The van der Waals surface area contributed by atoms with Crippen molar-refractivity contribution in [1.82, 2.24) is 4.98 Å². The van der Waals surface area contributed by atoms with E-state index in [-0.39, 0.29) is 11.6 Å². The molecule has 3 aromatic rings. The van der Waals surface area contributed by atoms with Crippen LogP contribution in [0.15, 0.2) is 53.9 Å². The number of benzene rings is 2. The number of carbonyl (C=O) groups excluding carboxylic acids is 1. The molecule has 1 heterocycles. The highest BCUT2D eigenvalue weighted by molar-refractivity contribution is 7.13. The molecule has 0 bridgehead atoms. The van der Waals surface area contributed by atoms with Crippen LogP contribution in [0.5, 0.6) is 0 Å². The van der Waals surface area contributed by atoms with Gasteiger partial charge in [-0.05, 0) is 31.2 Å². The van der Waals surface area contributed by atoms with Crippen LogP contribution in [0.25, 0.3) is 10.6 Å². The van der Waals surface area contributed by atoms with Crippen molar-refractivity contribution in [3.63, 3.8) is 0 Å². The van der Waals surface area contributed by atoms with Crippen LogP contribution in [0.2, 0.25) is 0 Å². The van der Waals surface area contributed by atoms with Gasteiger partial charge in [0, 0.05) is 16.5 Å². The molecule has 1 aromatic heterocycles. The Morgan fingerprint density at radius 3 is 2.38 bits per heavy atom. The maximum absolute atomic E-state index is 12.9.